The van der Waals surface area contributed by atoms with Crippen molar-refractivity contribution in [2.75, 3.05) is 19.7 Å². The smallest absolute Gasteiger partial charge is 0.416 e. The Kier molecular flexibility index (Phi) is 4.67. The van der Waals surface area contributed by atoms with E-state index in [1.165, 1.54) is 4.68 Å². The normalized spacial score (nSPS) is 14.9. The second-order valence-electron chi connectivity index (χ2n) is 5.09. The number of rotatable bonds is 6. The number of aromatic nitrogens is 3. The van der Waals surface area contributed by atoms with Crippen LogP contribution >= 0.6 is 0 Å². The molecule has 1 aromatic rings. The number of cyclic esters (lactones) is 1. The molecule has 0 spiro atoms. The summed E-state index contributed by atoms with van der Waals surface area (Å²) in [5, 5.41) is 11.1. The van der Waals surface area contributed by atoms with Crippen molar-refractivity contribution >= 4 is 12.0 Å². The molecule has 2 amide bonds. The lowest BCUT2D eigenvalue weighted by Crippen LogP contribution is -2.34. The largest absolute Gasteiger partial charge is 0.447 e. The van der Waals surface area contributed by atoms with E-state index in [-0.39, 0.29) is 19.1 Å². The Morgan fingerprint density at radius 2 is 2.35 bits per heavy atom. The molecule has 8 heteroatoms. The quantitative estimate of drug-likeness (QED) is 0.789. The predicted molar refractivity (Wildman–Crippen MR) is 69.6 cm³/mol. The summed E-state index contributed by atoms with van der Waals surface area (Å²) in [6.45, 7) is 6.30. The van der Waals surface area contributed by atoms with Gasteiger partial charge in [-0.15, -0.1) is 5.10 Å². The number of nitrogens with one attached hydrogen (secondary N) is 1. The summed E-state index contributed by atoms with van der Waals surface area (Å²) in [6, 6.07) is 0. The minimum atomic E-state index is -0.589. The van der Waals surface area contributed by atoms with Crippen molar-refractivity contribution in [1.29, 1.82) is 0 Å². The van der Waals surface area contributed by atoms with Gasteiger partial charge in [0, 0.05) is 6.54 Å². The maximum absolute atomic E-state index is 11.9. The first kappa shape index (κ1) is 14.4. The Hall–Kier alpha value is -1.96. The molecule has 1 fully saturated rings. The van der Waals surface area contributed by atoms with E-state index in [1.807, 2.05) is 0 Å². The third kappa shape index (κ3) is 3.77. The van der Waals surface area contributed by atoms with Gasteiger partial charge in [-0.25, -0.2) is 14.4 Å². The van der Waals surface area contributed by atoms with Crippen LogP contribution in [0.25, 0.3) is 0 Å². The van der Waals surface area contributed by atoms with Crippen LogP contribution in [0.1, 0.15) is 19.5 Å². The summed E-state index contributed by atoms with van der Waals surface area (Å²) in [6.07, 6.45) is 1.11. The Bertz CT molecular complexity index is 485. The van der Waals surface area contributed by atoms with Gasteiger partial charge in [-0.2, -0.15) is 0 Å². The third-order valence-electron chi connectivity index (χ3n) is 2.80. The van der Waals surface area contributed by atoms with Crippen LogP contribution in [0, 0.1) is 5.92 Å². The maximum Gasteiger partial charge on any atom is 0.416 e. The highest BCUT2D eigenvalue weighted by Crippen LogP contribution is 2.05. The second kappa shape index (κ2) is 6.47. The van der Waals surface area contributed by atoms with Crippen molar-refractivity contribution in [3.8, 4) is 0 Å². The Labute approximate surface area is 117 Å². The van der Waals surface area contributed by atoms with Crippen LogP contribution in [0.5, 0.6) is 0 Å². The number of carbonyl (C=O) groups is 2. The van der Waals surface area contributed by atoms with Crippen molar-refractivity contribution in [1.82, 2.24) is 25.2 Å². The lowest BCUT2D eigenvalue weighted by atomic mass is 10.2. The molecule has 0 aliphatic carbocycles. The number of imide groups is 1. The highest BCUT2D eigenvalue weighted by atomic mass is 16.6. The molecule has 2 rings (SSSR count). The van der Waals surface area contributed by atoms with Gasteiger partial charge in [0.25, 0.3) is 5.91 Å². The van der Waals surface area contributed by atoms with Crippen LogP contribution in [-0.4, -0.2) is 51.6 Å². The molecule has 0 aromatic carbocycles. The molecular weight excluding hydrogens is 262 g/mol. The highest BCUT2D eigenvalue weighted by Gasteiger charge is 2.28. The summed E-state index contributed by atoms with van der Waals surface area (Å²) >= 11 is 0. The molecule has 0 bridgehead atoms. The summed E-state index contributed by atoms with van der Waals surface area (Å²) in [5.41, 5.74) is 0.766. The maximum atomic E-state index is 11.9. The molecule has 1 aromatic heterocycles. The van der Waals surface area contributed by atoms with E-state index in [9.17, 15) is 9.59 Å². The van der Waals surface area contributed by atoms with Crippen LogP contribution in [0.15, 0.2) is 6.20 Å². The topological polar surface area (TPSA) is 89.4 Å². The number of hydrogen-bond acceptors (Lipinski definition) is 6. The monoisotopic (exact) mass is 281 g/mol. The summed E-state index contributed by atoms with van der Waals surface area (Å²) in [7, 11) is 0. The van der Waals surface area contributed by atoms with E-state index in [0.717, 1.165) is 17.1 Å². The van der Waals surface area contributed by atoms with E-state index < -0.39 is 6.09 Å². The molecule has 110 valence electrons. The summed E-state index contributed by atoms with van der Waals surface area (Å²) < 4.78 is 6.15. The highest BCUT2D eigenvalue weighted by molar-refractivity contribution is 5.92. The first-order valence-electron chi connectivity index (χ1n) is 6.63. The van der Waals surface area contributed by atoms with E-state index >= 15 is 0 Å². The van der Waals surface area contributed by atoms with Crippen LogP contribution in [0.3, 0.4) is 0 Å². The van der Waals surface area contributed by atoms with Crippen LogP contribution in [-0.2, 0) is 22.6 Å². The number of amides is 2. The van der Waals surface area contributed by atoms with Crippen molar-refractivity contribution in [3.63, 3.8) is 0 Å². The molecule has 1 aliphatic rings. The zero-order chi connectivity index (χ0) is 14.5. The first-order chi connectivity index (χ1) is 9.56. The van der Waals surface area contributed by atoms with Crippen LogP contribution in [0.2, 0.25) is 0 Å². The molecule has 0 atom stereocenters. The minimum Gasteiger partial charge on any atom is -0.447 e. The van der Waals surface area contributed by atoms with E-state index in [2.05, 4.69) is 29.5 Å². The average Bonchev–Trinajstić information content (AvgIpc) is 2.98. The first-order valence-corrected chi connectivity index (χ1v) is 6.63. The fourth-order valence-electron chi connectivity index (χ4n) is 1.83. The molecule has 0 unspecified atom stereocenters. The average molecular weight is 281 g/mol. The fourth-order valence-corrected chi connectivity index (χ4v) is 1.83. The van der Waals surface area contributed by atoms with Crippen molar-refractivity contribution in [2.24, 2.45) is 5.92 Å². The fraction of sp³-hybridized carbons (Fsp3) is 0.667. The van der Waals surface area contributed by atoms with Gasteiger partial charge >= 0.3 is 6.09 Å². The standard InChI is InChI=1S/C12H19N5O3/c1-9(2)5-13-6-10-7-16(15-14-10)8-11(18)17-3-4-20-12(17)19/h7,9,13H,3-6,8H2,1-2H3. The third-order valence-corrected chi connectivity index (χ3v) is 2.80. The molecule has 8 nitrogen and oxygen atoms in total. The van der Waals surface area contributed by atoms with Crippen LogP contribution < -0.4 is 5.32 Å². The lowest BCUT2D eigenvalue weighted by molar-refractivity contribution is -0.128. The van der Waals surface area contributed by atoms with Crippen LogP contribution in [0.4, 0.5) is 4.79 Å². The van der Waals surface area contributed by atoms with Gasteiger partial charge < -0.3 is 10.1 Å². The van der Waals surface area contributed by atoms with Gasteiger partial charge in [0.1, 0.15) is 13.2 Å². The number of hydrogen-bond donors (Lipinski definition) is 1. The lowest BCUT2D eigenvalue weighted by Gasteiger charge is -2.09. The molecular formula is C12H19N5O3. The van der Waals surface area contributed by atoms with Crippen molar-refractivity contribution in [2.45, 2.75) is 26.9 Å². The zero-order valence-electron chi connectivity index (χ0n) is 11.7. The van der Waals surface area contributed by atoms with Gasteiger partial charge in [-0.3, -0.25) is 4.79 Å². The predicted octanol–water partition coefficient (Wildman–Crippen LogP) is 0.00250. The van der Waals surface area contributed by atoms with Gasteiger partial charge in [-0.1, -0.05) is 19.1 Å². The molecule has 20 heavy (non-hydrogen) atoms. The van der Waals surface area contributed by atoms with E-state index in [1.54, 1.807) is 6.20 Å². The Morgan fingerprint density at radius 1 is 1.55 bits per heavy atom. The van der Waals surface area contributed by atoms with Crippen molar-refractivity contribution < 1.29 is 14.3 Å². The molecule has 1 N–H and O–H groups in total. The van der Waals surface area contributed by atoms with E-state index in [4.69, 9.17) is 4.74 Å². The summed E-state index contributed by atoms with van der Waals surface area (Å²) in [5.74, 6) is 0.229. The Balaban J connectivity index is 1.83. The molecule has 0 saturated carbocycles. The second-order valence-corrected chi connectivity index (χ2v) is 5.09. The van der Waals surface area contributed by atoms with Gasteiger partial charge in [0.15, 0.2) is 0 Å². The molecule has 1 saturated heterocycles. The minimum absolute atomic E-state index is 0.00766. The summed E-state index contributed by atoms with van der Waals surface area (Å²) in [4.78, 5) is 24.2. The van der Waals surface area contributed by atoms with Gasteiger partial charge in [0.2, 0.25) is 0 Å². The van der Waals surface area contributed by atoms with Crippen molar-refractivity contribution in [3.05, 3.63) is 11.9 Å². The number of nitrogens with zero attached hydrogens (tertiary/aromatic N) is 4. The zero-order valence-corrected chi connectivity index (χ0v) is 11.7. The molecule has 1 aliphatic heterocycles. The van der Waals surface area contributed by atoms with Gasteiger partial charge in [-0.05, 0) is 12.5 Å². The molecule has 2 heterocycles. The number of carbonyl (C=O) groups excluding carboxylic acids is 2. The van der Waals surface area contributed by atoms with Gasteiger partial charge in [0.05, 0.1) is 18.4 Å². The Morgan fingerprint density at radius 3 is 3.00 bits per heavy atom. The SMILES string of the molecule is CC(C)CNCc1cn(CC(=O)N2CCOC2=O)nn1. The van der Waals surface area contributed by atoms with E-state index in [0.29, 0.717) is 19.0 Å². The molecule has 0 radical (unpaired) electrons. The number of ether oxygens (including phenoxy) is 1.